The van der Waals surface area contributed by atoms with Gasteiger partial charge in [0, 0.05) is 32.9 Å². The van der Waals surface area contributed by atoms with Gasteiger partial charge in [-0.2, -0.15) is 11.8 Å². The molecular weight excluding hydrogens is 315 g/mol. The van der Waals surface area contributed by atoms with E-state index in [1.165, 1.54) is 11.0 Å². The minimum atomic E-state index is -0.203. The lowest BCUT2D eigenvalue weighted by Gasteiger charge is -2.13. The first kappa shape index (κ1) is 19.3. The molecule has 0 spiro atoms. The third-order valence-corrected chi connectivity index (χ3v) is 3.73. The number of halogens is 1. The van der Waals surface area contributed by atoms with Crippen LogP contribution in [-0.4, -0.2) is 62.5 Å². The van der Waals surface area contributed by atoms with Gasteiger partial charge in [-0.25, -0.2) is 9.38 Å². The van der Waals surface area contributed by atoms with E-state index < -0.39 is 0 Å². The highest BCUT2D eigenvalue weighted by Gasteiger charge is 2.05. The van der Waals surface area contributed by atoms with Gasteiger partial charge in [-0.15, -0.1) is 0 Å². The number of carbonyl (C=O) groups is 1. The van der Waals surface area contributed by atoms with E-state index in [-0.39, 0.29) is 18.3 Å². The van der Waals surface area contributed by atoms with Crippen LogP contribution in [0.2, 0.25) is 0 Å². The molecule has 0 saturated carbocycles. The second kappa shape index (κ2) is 10.9. The Labute approximate surface area is 141 Å². The van der Waals surface area contributed by atoms with Gasteiger partial charge >= 0.3 is 0 Å². The maximum absolute atomic E-state index is 13.6. The van der Waals surface area contributed by atoms with Gasteiger partial charge < -0.3 is 15.5 Å². The van der Waals surface area contributed by atoms with Gasteiger partial charge in [0.2, 0.25) is 5.91 Å². The van der Waals surface area contributed by atoms with Gasteiger partial charge in [0.05, 0.1) is 0 Å². The van der Waals surface area contributed by atoms with E-state index in [1.54, 1.807) is 38.0 Å². The molecule has 1 amide bonds. The number of nitrogens with one attached hydrogen (secondary N) is 2. The van der Waals surface area contributed by atoms with Gasteiger partial charge in [-0.05, 0) is 24.3 Å². The zero-order chi connectivity index (χ0) is 17.1. The van der Waals surface area contributed by atoms with E-state index in [0.29, 0.717) is 24.5 Å². The maximum Gasteiger partial charge on any atom is 0.243 e. The number of thioether (sulfide) groups is 1. The molecule has 0 aliphatic heterocycles. The van der Waals surface area contributed by atoms with Crippen molar-refractivity contribution in [3.05, 3.63) is 35.6 Å². The Morgan fingerprint density at radius 2 is 1.96 bits per heavy atom. The van der Waals surface area contributed by atoms with Crippen LogP contribution < -0.4 is 10.6 Å². The van der Waals surface area contributed by atoms with Crippen LogP contribution in [0.4, 0.5) is 4.39 Å². The summed E-state index contributed by atoms with van der Waals surface area (Å²) in [6.45, 7) is 1.38. The summed E-state index contributed by atoms with van der Waals surface area (Å²) in [6, 6.07) is 6.72. The van der Waals surface area contributed by atoms with E-state index in [0.717, 1.165) is 12.3 Å². The molecule has 128 valence electrons. The van der Waals surface area contributed by atoms with Crippen molar-refractivity contribution in [2.45, 2.75) is 6.42 Å². The summed E-state index contributed by atoms with van der Waals surface area (Å²) < 4.78 is 13.6. The van der Waals surface area contributed by atoms with E-state index in [2.05, 4.69) is 15.6 Å². The third-order valence-electron chi connectivity index (χ3n) is 3.11. The van der Waals surface area contributed by atoms with E-state index in [9.17, 15) is 9.18 Å². The minimum Gasteiger partial charge on any atom is -0.356 e. The number of likely N-dealkylation sites (N-methyl/N-ethyl adjacent to an activating group) is 1. The summed E-state index contributed by atoms with van der Waals surface area (Å²) in [5.74, 6) is 1.25. The maximum atomic E-state index is 13.6. The lowest BCUT2D eigenvalue weighted by Crippen LogP contribution is -2.40. The van der Waals surface area contributed by atoms with E-state index in [1.807, 2.05) is 12.3 Å². The Morgan fingerprint density at radius 3 is 2.61 bits per heavy atom. The van der Waals surface area contributed by atoms with Crippen molar-refractivity contribution in [2.75, 3.05) is 45.7 Å². The van der Waals surface area contributed by atoms with Crippen LogP contribution in [0.1, 0.15) is 5.56 Å². The Hall–Kier alpha value is -1.76. The van der Waals surface area contributed by atoms with E-state index in [4.69, 9.17) is 0 Å². The number of hydrogen-bond donors (Lipinski definition) is 2. The Kier molecular flexibility index (Phi) is 9.12. The number of guanidine groups is 1. The smallest absolute Gasteiger partial charge is 0.243 e. The first-order valence-electron chi connectivity index (χ1n) is 7.49. The standard InChI is InChI=1S/C16H25FN4OS/c1-21(2)15(22)12-20-16(19-10-11-23-3)18-9-8-13-6-4-5-7-14(13)17/h4-7H,8-12H2,1-3H3,(H2,18,19,20). The van der Waals surface area contributed by atoms with Gasteiger partial charge in [-0.3, -0.25) is 4.79 Å². The number of carbonyl (C=O) groups excluding carboxylic acids is 1. The van der Waals surface area contributed by atoms with Crippen LogP contribution in [0.5, 0.6) is 0 Å². The number of hydrogen-bond acceptors (Lipinski definition) is 3. The highest BCUT2D eigenvalue weighted by atomic mass is 32.2. The fourth-order valence-electron chi connectivity index (χ4n) is 1.75. The Bertz CT molecular complexity index is 523. The number of amides is 1. The first-order chi connectivity index (χ1) is 11.0. The minimum absolute atomic E-state index is 0.0647. The quantitative estimate of drug-likeness (QED) is 0.426. The number of nitrogens with zero attached hydrogens (tertiary/aromatic N) is 2. The second-order valence-electron chi connectivity index (χ2n) is 5.14. The largest absolute Gasteiger partial charge is 0.356 e. The van der Waals surface area contributed by atoms with Crippen molar-refractivity contribution >= 4 is 23.6 Å². The lowest BCUT2D eigenvalue weighted by atomic mass is 10.1. The van der Waals surface area contributed by atoms with Gasteiger partial charge in [0.15, 0.2) is 5.96 Å². The molecule has 0 radical (unpaired) electrons. The molecule has 7 heteroatoms. The van der Waals surface area contributed by atoms with Crippen molar-refractivity contribution in [3.63, 3.8) is 0 Å². The summed E-state index contributed by atoms with van der Waals surface area (Å²) >= 11 is 1.73. The average Bonchev–Trinajstić information content (AvgIpc) is 2.53. The molecule has 0 fully saturated rings. The summed E-state index contributed by atoms with van der Waals surface area (Å²) in [5, 5.41) is 6.31. The SMILES string of the molecule is CSCCNC(=NCC(=O)N(C)C)NCCc1ccccc1F. The normalized spacial score (nSPS) is 11.2. The van der Waals surface area contributed by atoms with Crippen LogP contribution in [0.15, 0.2) is 29.3 Å². The lowest BCUT2D eigenvalue weighted by molar-refractivity contribution is -0.127. The predicted octanol–water partition coefficient (Wildman–Crippen LogP) is 1.35. The van der Waals surface area contributed by atoms with Crippen LogP contribution in [0.3, 0.4) is 0 Å². The fourth-order valence-corrected chi connectivity index (χ4v) is 2.06. The third kappa shape index (κ3) is 7.88. The second-order valence-corrected chi connectivity index (χ2v) is 6.13. The monoisotopic (exact) mass is 340 g/mol. The van der Waals surface area contributed by atoms with Gasteiger partial charge in [0.1, 0.15) is 12.4 Å². The molecule has 2 N–H and O–H groups in total. The summed E-state index contributed by atoms with van der Waals surface area (Å²) in [5.41, 5.74) is 0.660. The average molecular weight is 340 g/mol. The highest BCUT2D eigenvalue weighted by molar-refractivity contribution is 7.98. The molecule has 0 heterocycles. The molecule has 0 aliphatic carbocycles. The van der Waals surface area contributed by atoms with Crippen LogP contribution in [0.25, 0.3) is 0 Å². The molecule has 0 bridgehead atoms. The molecule has 0 unspecified atom stereocenters. The predicted molar refractivity (Wildman–Crippen MR) is 95.5 cm³/mol. The first-order valence-corrected chi connectivity index (χ1v) is 8.88. The molecule has 0 aliphatic rings. The number of benzene rings is 1. The molecule has 1 rings (SSSR count). The molecule has 1 aromatic rings. The molecule has 23 heavy (non-hydrogen) atoms. The van der Waals surface area contributed by atoms with E-state index >= 15 is 0 Å². The highest BCUT2D eigenvalue weighted by Crippen LogP contribution is 2.06. The van der Waals surface area contributed by atoms with Crippen molar-refractivity contribution < 1.29 is 9.18 Å². The van der Waals surface area contributed by atoms with Crippen LogP contribution in [0, 0.1) is 5.82 Å². The molecule has 0 aromatic heterocycles. The molecule has 5 nitrogen and oxygen atoms in total. The van der Waals surface area contributed by atoms with Crippen molar-refractivity contribution in [2.24, 2.45) is 4.99 Å². The van der Waals surface area contributed by atoms with Crippen molar-refractivity contribution in [1.29, 1.82) is 0 Å². The summed E-state index contributed by atoms with van der Waals surface area (Å²) in [6.07, 6.45) is 2.58. The van der Waals surface area contributed by atoms with Crippen LogP contribution >= 0.6 is 11.8 Å². The van der Waals surface area contributed by atoms with Crippen molar-refractivity contribution in [3.8, 4) is 0 Å². The van der Waals surface area contributed by atoms with Crippen LogP contribution in [-0.2, 0) is 11.2 Å². The fraction of sp³-hybridized carbons (Fsp3) is 0.500. The Balaban J connectivity index is 2.53. The molecule has 0 atom stereocenters. The number of rotatable bonds is 8. The Morgan fingerprint density at radius 1 is 1.26 bits per heavy atom. The molecular formula is C16H25FN4OS. The number of aliphatic imine (C=N–C) groups is 1. The summed E-state index contributed by atoms with van der Waals surface area (Å²) in [4.78, 5) is 17.4. The van der Waals surface area contributed by atoms with Crippen molar-refractivity contribution in [1.82, 2.24) is 15.5 Å². The zero-order valence-corrected chi connectivity index (χ0v) is 14.8. The zero-order valence-electron chi connectivity index (χ0n) is 13.9. The van der Waals surface area contributed by atoms with Gasteiger partial charge in [0.25, 0.3) is 0 Å². The molecule has 0 saturated heterocycles. The topological polar surface area (TPSA) is 56.7 Å². The molecule has 1 aromatic carbocycles. The van der Waals surface area contributed by atoms with Gasteiger partial charge in [-0.1, -0.05) is 18.2 Å². The summed E-state index contributed by atoms with van der Waals surface area (Å²) in [7, 11) is 3.40.